The first kappa shape index (κ1) is 13.5. The van der Waals surface area contributed by atoms with Crippen molar-refractivity contribution < 1.29 is 4.79 Å². The molecule has 0 saturated carbocycles. The van der Waals surface area contributed by atoms with Gasteiger partial charge in [0.25, 0.3) is 0 Å². The Morgan fingerprint density at radius 3 is 2.83 bits per heavy atom. The molecule has 2 atom stereocenters. The Balaban J connectivity index is 2.05. The van der Waals surface area contributed by atoms with E-state index in [0.717, 1.165) is 19.5 Å². The van der Waals surface area contributed by atoms with Gasteiger partial charge in [0.05, 0.1) is 5.25 Å². The fraction of sp³-hybridized carbons (Fsp3) is 0.533. The summed E-state index contributed by atoms with van der Waals surface area (Å²) in [7, 11) is 0. The molecule has 1 fully saturated rings. The van der Waals surface area contributed by atoms with E-state index in [1.807, 2.05) is 18.1 Å². The van der Waals surface area contributed by atoms with Crippen molar-refractivity contribution in [2.75, 3.05) is 19.3 Å². The zero-order valence-electron chi connectivity index (χ0n) is 11.3. The highest BCUT2D eigenvalue weighted by Crippen LogP contribution is 2.30. The molecule has 0 N–H and O–H groups in total. The van der Waals surface area contributed by atoms with Gasteiger partial charge < -0.3 is 4.90 Å². The number of aryl methyl sites for hydroxylation is 1. The van der Waals surface area contributed by atoms with Gasteiger partial charge in [0.15, 0.2) is 0 Å². The predicted octanol–water partition coefficient (Wildman–Crippen LogP) is 3.06. The molecule has 0 aliphatic carbocycles. The highest BCUT2D eigenvalue weighted by Gasteiger charge is 2.29. The molecule has 1 heterocycles. The molecule has 1 aromatic carbocycles. The molecule has 18 heavy (non-hydrogen) atoms. The molecule has 1 aliphatic rings. The van der Waals surface area contributed by atoms with E-state index < -0.39 is 0 Å². The van der Waals surface area contributed by atoms with E-state index in [9.17, 15) is 4.79 Å². The molecule has 0 radical (unpaired) electrons. The molecule has 0 bridgehead atoms. The van der Waals surface area contributed by atoms with Gasteiger partial charge in [-0.25, -0.2) is 0 Å². The highest BCUT2D eigenvalue weighted by atomic mass is 32.2. The third-order valence-corrected chi connectivity index (χ3v) is 4.74. The molecular formula is C15H21NOS. The van der Waals surface area contributed by atoms with Gasteiger partial charge in [-0.3, -0.25) is 4.79 Å². The summed E-state index contributed by atoms with van der Waals surface area (Å²) in [4.78, 5) is 14.2. The molecule has 2 unspecified atom stereocenters. The van der Waals surface area contributed by atoms with Crippen LogP contribution in [-0.2, 0) is 4.79 Å². The van der Waals surface area contributed by atoms with Crippen LogP contribution in [0, 0.1) is 6.92 Å². The van der Waals surface area contributed by atoms with Crippen molar-refractivity contribution in [3.05, 3.63) is 35.4 Å². The topological polar surface area (TPSA) is 20.3 Å². The first-order chi connectivity index (χ1) is 8.63. The summed E-state index contributed by atoms with van der Waals surface area (Å²) in [6.45, 7) is 5.94. The fourth-order valence-corrected chi connectivity index (χ4v) is 2.97. The SMILES string of the molecule is CSC(C)C(=O)N1CCC(c2ccccc2C)C1. The number of thioether (sulfide) groups is 1. The number of hydrogen-bond donors (Lipinski definition) is 0. The van der Waals surface area contributed by atoms with Crippen LogP contribution < -0.4 is 0 Å². The van der Waals surface area contributed by atoms with E-state index in [4.69, 9.17) is 0 Å². The Labute approximate surface area is 114 Å². The van der Waals surface area contributed by atoms with E-state index in [-0.39, 0.29) is 5.25 Å². The molecule has 1 amide bonds. The average molecular weight is 263 g/mol. The molecular weight excluding hydrogens is 242 g/mol. The van der Waals surface area contributed by atoms with Crippen LogP contribution in [0.4, 0.5) is 0 Å². The third-order valence-electron chi connectivity index (χ3n) is 3.83. The van der Waals surface area contributed by atoms with E-state index in [2.05, 4.69) is 31.2 Å². The second kappa shape index (κ2) is 5.79. The van der Waals surface area contributed by atoms with Gasteiger partial charge in [0.2, 0.25) is 5.91 Å². The number of carbonyl (C=O) groups excluding carboxylic acids is 1. The van der Waals surface area contributed by atoms with Crippen molar-refractivity contribution in [1.82, 2.24) is 4.90 Å². The molecule has 2 nitrogen and oxygen atoms in total. The number of nitrogens with zero attached hydrogens (tertiary/aromatic N) is 1. The molecule has 0 spiro atoms. The van der Waals surface area contributed by atoms with E-state index in [1.165, 1.54) is 11.1 Å². The summed E-state index contributed by atoms with van der Waals surface area (Å²) in [5.41, 5.74) is 2.75. The Morgan fingerprint density at radius 2 is 2.17 bits per heavy atom. The van der Waals surface area contributed by atoms with Crippen LogP contribution in [0.2, 0.25) is 0 Å². The minimum Gasteiger partial charge on any atom is -0.341 e. The standard InChI is InChI=1S/C15H21NOS/c1-11-6-4-5-7-14(11)13-8-9-16(10-13)15(17)12(2)18-3/h4-7,12-13H,8-10H2,1-3H3. The Hall–Kier alpha value is -0.960. The van der Waals surface area contributed by atoms with Crippen molar-refractivity contribution in [2.24, 2.45) is 0 Å². The lowest BCUT2D eigenvalue weighted by Crippen LogP contribution is -2.34. The van der Waals surface area contributed by atoms with Gasteiger partial charge in [0.1, 0.15) is 0 Å². The molecule has 1 aliphatic heterocycles. The molecule has 3 heteroatoms. The molecule has 98 valence electrons. The lowest BCUT2D eigenvalue weighted by Gasteiger charge is -2.20. The number of hydrogen-bond acceptors (Lipinski definition) is 2. The number of carbonyl (C=O) groups is 1. The number of benzene rings is 1. The predicted molar refractivity (Wildman–Crippen MR) is 78.1 cm³/mol. The summed E-state index contributed by atoms with van der Waals surface area (Å²) in [5, 5.41) is 0.0839. The van der Waals surface area contributed by atoms with Gasteiger partial charge in [0, 0.05) is 19.0 Å². The van der Waals surface area contributed by atoms with Crippen LogP contribution in [0.3, 0.4) is 0 Å². The Morgan fingerprint density at radius 1 is 1.44 bits per heavy atom. The molecule has 1 saturated heterocycles. The van der Waals surface area contributed by atoms with Crippen molar-refractivity contribution >= 4 is 17.7 Å². The summed E-state index contributed by atoms with van der Waals surface area (Å²) in [5.74, 6) is 0.808. The Bertz CT molecular complexity index is 432. The third kappa shape index (κ3) is 2.72. The van der Waals surface area contributed by atoms with Crippen LogP contribution in [0.5, 0.6) is 0 Å². The second-order valence-corrected chi connectivity index (χ2v) is 6.18. The van der Waals surface area contributed by atoms with E-state index in [0.29, 0.717) is 11.8 Å². The number of likely N-dealkylation sites (tertiary alicyclic amines) is 1. The fourth-order valence-electron chi connectivity index (χ4n) is 2.62. The van der Waals surface area contributed by atoms with Crippen LogP contribution in [-0.4, -0.2) is 35.4 Å². The summed E-state index contributed by atoms with van der Waals surface area (Å²) < 4.78 is 0. The van der Waals surface area contributed by atoms with Crippen LogP contribution in [0.25, 0.3) is 0 Å². The second-order valence-electron chi connectivity index (χ2n) is 5.00. The van der Waals surface area contributed by atoms with Crippen LogP contribution in [0.15, 0.2) is 24.3 Å². The Kier molecular flexibility index (Phi) is 4.33. The monoisotopic (exact) mass is 263 g/mol. The quantitative estimate of drug-likeness (QED) is 0.835. The van der Waals surface area contributed by atoms with Crippen LogP contribution >= 0.6 is 11.8 Å². The minimum atomic E-state index is 0.0839. The van der Waals surface area contributed by atoms with Gasteiger partial charge in [-0.15, -0.1) is 0 Å². The summed E-state index contributed by atoms with van der Waals surface area (Å²) >= 11 is 1.63. The van der Waals surface area contributed by atoms with E-state index >= 15 is 0 Å². The maximum atomic E-state index is 12.1. The lowest BCUT2D eigenvalue weighted by atomic mass is 9.94. The van der Waals surface area contributed by atoms with Gasteiger partial charge in [-0.05, 0) is 37.7 Å². The smallest absolute Gasteiger partial charge is 0.235 e. The largest absolute Gasteiger partial charge is 0.341 e. The molecule has 1 aromatic rings. The van der Waals surface area contributed by atoms with Crippen molar-refractivity contribution in [3.63, 3.8) is 0 Å². The average Bonchev–Trinajstić information content (AvgIpc) is 2.87. The van der Waals surface area contributed by atoms with Crippen LogP contribution in [0.1, 0.15) is 30.4 Å². The zero-order chi connectivity index (χ0) is 13.1. The maximum Gasteiger partial charge on any atom is 0.235 e. The van der Waals surface area contributed by atoms with Gasteiger partial charge >= 0.3 is 0 Å². The first-order valence-electron chi connectivity index (χ1n) is 6.50. The normalized spacial score (nSPS) is 21.1. The highest BCUT2D eigenvalue weighted by molar-refractivity contribution is 7.99. The van der Waals surface area contributed by atoms with Crippen molar-refractivity contribution in [3.8, 4) is 0 Å². The summed E-state index contributed by atoms with van der Waals surface area (Å²) in [6.07, 6.45) is 3.09. The number of rotatable bonds is 3. The number of amides is 1. The van der Waals surface area contributed by atoms with Gasteiger partial charge in [-0.2, -0.15) is 11.8 Å². The van der Waals surface area contributed by atoms with Crippen molar-refractivity contribution in [2.45, 2.75) is 31.4 Å². The minimum absolute atomic E-state index is 0.0839. The lowest BCUT2D eigenvalue weighted by molar-refractivity contribution is -0.129. The summed E-state index contributed by atoms with van der Waals surface area (Å²) in [6, 6.07) is 8.53. The first-order valence-corrected chi connectivity index (χ1v) is 7.79. The van der Waals surface area contributed by atoms with Gasteiger partial charge in [-0.1, -0.05) is 24.3 Å². The molecule has 0 aromatic heterocycles. The van der Waals surface area contributed by atoms with E-state index in [1.54, 1.807) is 11.8 Å². The molecule has 2 rings (SSSR count). The maximum absolute atomic E-state index is 12.1. The van der Waals surface area contributed by atoms with Crippen molar-refractivity contribution in [1.29, 1.82) is 0 Å². The zero-order valence-corrected chi connectivity index (χ0v) is 12.2.